The van der Waals surface area contributed by atoms with Crippen molar-refractivity contribution in [1.29, 1.82) is 0 Å². The fraction of sp³-hybridized carbons (Fsp3) is 0.100. The van der Waals surface area contributed by atoms with Gasteiger partial charge in [-0.2, -0.15) is 5.10 Å². The molecule has 0 unspecified atom stereocenters. The summed E-state index contributed by atoms with van der Waals surface area (Å²) in [6.07, 6.45) is 2.94. The van der Waals surface area contributed by atoms with Crippen molar-refractivity contribution in [3.8, 4) is 0 Å². The lowest BCUT2D eigenvalue weighted by molar-refractivity contribution is 0.102. The number of hydrogen-bond acceptors (Lipinski definition) is 3. The van der Waals surface area contributed by atoms with E-state index in [0.717, 1.165) is 0 Å². The lowest BCUT2D eigenvalue weighted by atomic mass is 10.2. The second-order valence-electron chi connectivity index (χ2n) is 3.22. The smallest absolute Gasteiger partial charge is 0.260 e. The number of hydrogen-bond donors (Lipinski definition) is 2. The van der Waals surface area contributed by atoms with Crippen LogP contribution >= 0.6 is 11.6 Å². The molecule has 0 aliphatic rings. The Labute approximate surface area is 96.8 Å². The maximum Gasteiger partial charge on any atom is 0.260 e. The molecule has 82 valence electrons. The first-order chi connectivity index (χ1) is 7.66. The summed E-state index contributed by atoms with van der Waals surface area (Å²) in [6.45, 7) is 1.78. The normalized spacial score (nSPS) is 10.1. The zero-order valence-electron chi connectivity index (χ0n) is 8.49. The van der Waals surface area contributed by atoms with Crippen molar-refractivity contribution >= 4 is 23.3 Å². The first kappa shape index (κ1) is 10.6. The van der Waals surface area contributed by atoms with Gasteiger partial charge in [-0.1, -0.05) is 11.6 Å². The van der Waals surface area contributed by atoms with E-state index in [4.69, 9.17) is 11.6 Å². The molecular weight excluding hydrogens is 228 g/mol. The largest absolute Gasteiger partial charge is 0.306 e. The van der Waals surface area contributed by atoms with Gasteiger partial charge in [0.05, 0.1) is 16.8 Å². The molecular formula is C10H9ClN4O. The minimum Gasteiger partial charge on any atom is -0.306 e. The summed E-state index contributed by atoms with van der Waals surface area (Å²) in [4.78, 5) is 15.7. The number of rotatable bonds is 2. The molecule has 6 heteroatoms. The van der Waals surface area contributed by atoms with Crippen molar-refractivity contribution in [3.63, 3.8) is 0 Å². The van der Waals surface area contributed by atoms with E-state index in [2.05, 4.69) is 20.5 Å². The Balaban J connectivity index is 2.14. The fourth-order valence-electron chi connectivity index (χ4n) is 1.21. The van der Waals surface area contributed by atoms with Gasteiger partial charge in [0.15, 0.2) is 0 Å². The molecule has 0 aliphatic heterocycles. The average molecular weight is 237 g/mol. The van der Waals surface area contributed by atoms with Crippen LogP contribution in [0, 0.1) is 6.92 Å². The standard InChI is InChI=1S/C10H9ClN4O/c1-6-8(5-13-15-6)10(16)14-9-3-2-7(11)4-12-9/h2-5H,1H3,(H,13,15)(H,12,14,16). The third-order valence-corrected chi connectivity index (χ3v) is 2.27. The van der Waals surface area contributed by atoms with Gasteiger partial charge >= 0.3 is 0 Å². The highest BCUT2D eigenvalue weighted by Crippen LogP contribution is 2.11. The molecule has 0 spiro atoms. The van der Waals surface area contributed by atoms with E-state index < -0.39 is 0 Å². The molecule has 0 atom stereocenters. The molecule has 0 fully saturated rings. The Morgan fingerprint density at radius 3 is 2.81 bits per heavy atom. The predicted molar refractivity (Wildman–Crippen MR) is 60.5 cm³/mol. The molecule has 0 aromatic carbocycles. The summed E-state index contributed by atoms with van der Waals surface area (Å²) >= 11 is 5.68. The van der Waals surface area contributed by atoms with Gasteiger partial charge in [-0.15, -0.1) is 0 Å². The van der Waals surface area contributed by atoms with Crippen molar-refractivity contribution in [2.45, 2.75) is 6.92 Å². The highest BCUT2D eigenvalue weighted by atomic mass is 35.5. The maximum atomic E-state index is 11.7. The molecule has 0 saturated carbocycles. The maximum absolute atomic E-state index is 11.7. The van der Waals surface area contributed by atoms with Crippen molar-refractivity contribution in [2.24, 2.45) is 0 Å². The Hall–Kier alpha value is -1.88. The number of anilines is 1. The van der Waals surface area contributed by atoms with Gasteiger partial charge in [0, 0.05) is 11.9 Å². The number of H-pyrrole nitrogens is 1. The second kappa shape index (κ2) is 4.32. The van der Waals surface area contributed by atoms with Crippen LogP contribution in [0.4, 0.5) is 5.82 Å². The van der Waals surface area contributed by atoms with E-state index in [1.165, 1.54) is 12.4 Å². The van der Waals surface area contributed by atoms with Gasteiger partial charge in [-0.05, 0) is 19.1 Å². The van der Waals surface area contributed by atoms with Crippen molar-refractivity contribution in [2.75, 3.05) is 5.32 Å². The lowest BCUT2D eigenvalue weighted by Gasteiger charge is -2.02. The number of halogens is 1. The summed E-state index contributed by atoms with van der Waals surface area (Å²) in [5.74, 6) is 0.205. The molecule has 2 aromatic rings. The average Bonchev–Trinajstić information content (AvgIpc) is 2.68. The zero-order chi connectivity index (χ0) is 11.5. The SMILES string of the molecule is Cc1[nH]ncc1C(=O)Nc1ccc(Cl)cn1. The number of aryl methyl sites for hydroxylation is 1. The predicted octanol–water partition coefficient (Wildman–Crippen LogP) is 2.02. The van der Waals surface area contributed by atoms with Crippen molar-refractivity contribution < 1.29 is 4.79 Å². The summed E-state index contributed by atoms with van der Waals surface area (Å²) in [7, 11) is 0. The van der Waals surface area contributed by atoms with Gasteiger partial charge < -0.3 is 5.32 Å². The molecule has 2 aromatic heterocycles. The van der Waals surface area contributed by atoms with Gasteiger partial charge in [0.2, 0.25) is 0 Å². The number of nitrogens with zero attached hydrogens (tertiary/aromatic N) is 2. The highest BCUT2D eigenvalue weighted by Gasteiger charge is 2.11. The van der Waals surface area contributed by atoms with Crippen LogP contribution in [0.2, 0.25) is 5.02 Å². The molecule has 2 N–H and O–H groups in total. The fourth-order valence-corrected chi connectivity index (χ4v) is 1.32. The number of carbonyl (C=O) groups is 1. The number of amides is 1. The van der Waals surface area contributed by atoms with Crippen LogP contribution in [0.25, 0.3) is 0 Å². The van der Waals surface area contributed by atoms with Gasteiger partial charge in [-0.3, -0.25) is 9.89 Å². The van der Waals surface area contributed by atoms with Crippen LogP contribution < -0.4 is 5.32 Å². The molecule has 1 amide bonds. The van der Waals surface area contributed by atoms with E-state index in [1.54, 1.807) is 19.1 Å². The molecule has 2 rings (SSSR count). The third kappa shape index (κ3) is 2.20. The quantitative estimate of drug-likeness (QED) is 0.838. The van der Waals surface area contributed by atoms with Crippen LogP contribution in [0.5, 0.6) is 0 Å². The van der Waals surface area contributed by atoms with Crippen LogP contribution in [-0.4, -0.2) is 21.1 Å². The minimum atomic E-state index is -0.249. The monoisotopic (exact) mass is 236 g/mol. The summed E-state index contributed by atoms with van der Waals surface area (Å²) in [5, 5.41) is 9.63. The molecule has 0 radical (unpaired) electrons. The summed E-state index contributed by atoms with van der Waals surface area (Å²) in [6, 6.07) is 3.29. The molecule has 2 heterocycles. The topological polar surface area (TPSA) is 70.7 Å². The Morgan fingerprint density at radius 1 is 1.44 bits per heavy atom. The van der Waals surface area contributed by atoms with Crippen LogP contribution in [0.3, 0.4) is 0 Å². The third-order valence-electron chi connectivity index (χ3n) is 2.04. The summed E-state index contributed by atoms with van der Waals surface area (Å²) in [5.41, 5.74) is 1.21. The van der Waals surface area contributed by atoms with Gasteiger partial charge in [0.1, 0.15) is 5.82 Å². The van der Waals surface area contributed by atoms with E-state index in [0.29, 0.717) is 22.1 Å². The van der Waals surface area contributed by atoms with Gasteiger partial charge in [-0.25, -0.2) is 4.98 Å². The minimum absolute atomic E-state index is 0.249. The van der Waals surface area contributed by atoms with Gasteiger partial charge in [0.25, 0.3) is 5.91 Å². The van der Waals surface area contributed by atoms with Crippen LogP contribution in [-0.2, 0) is 0 Å². The van der Waals surface area contributed by atoms with E-state index in [9.17, 15) is 4.79 Å². The first-order valence-electron chi connectivity index (χ1n) is 4.59. The summed E-state index contributed by atoms with van der Waals surface area (Å²) < 4.78 is 0. The van der Waals surface area contributed by atoms with E-state index >= 15 is 0 Å². The van der Waals surface area contributed by atoms with Crippen molar-refractivity contribution in [1.82, 2.24) is 15.2 Å². The molecule has 0 bridgehead atoms. The highest BCUT2D eigenvalue weighted by molar-refractivity contribution is 6.30. The van der Waals surface area contributed by atoms with Crippen LogP contribution in [0.1, 0.15) is 16.1 Å². The Bertz CT molecular complexity index is 506. The number of aromatic amines is 1. The Morgan fingerprint density at radius 2 is 2.25 bits per heavy atom. The number of pyridine rings is 1. The van der Waals surface area contributed by atoms with E-state index in [1.807, 2.05) is 0 Å². The molecule has 16 heavy (non-hydrogen) atoms. The number of nitrogens with one attached hydrogen (secondary N) is 2. The van der Waals surface area contributed by atoms with Crippen molar-refractivity contribution in [3.05, 3.63) is 40.8 Å². The molecule has 0 saturated heterocycles. The van der Waals surface area contributed by atoms with E-state index in [-0.39, 0.29) is 5.91 Å². The number of aromatic nitrogens is 3. The zero-order valence-corrected chi connectivity index (χ0v) is 9.25. The molecule has 5 nitrogen and oxygen atoms in total. The first-order valence-corrected chi connectivity index (χ1v) is 4.97. The second-order valence-corrected chi connectivity index (χ2v) is 3.66. The lowest BCUT2D eigenvalue weighted by Crippen LogP contribution is -2.13. The molecule has 0 aliphatic carbocycles. The van der Waals surface area contributed by atoms with Crippen LogP contribution in [0.15, 0.2) is 24.5 Å². The number of carbonyl (C=O) groups excluding carboxylic acids is 1. The Kier molecular flexibility index (Phi) is 2.87.